The van der Waals surface area contributed by atoms with Crippen LogP contribution in [0.5, 0.6) is 0 Å². The first-order chi connectivity index (χ1) is 17.1. The average Bonchev–Trinajstić information content (AvgIpc) is 3.32. The number of alkyl halides is 3. The normalized spacial score (nSPS) is 21.9. The van der Waals surface area contributed by atoms with Gasteiger partial charge in [-0.15, -0.1) is 0 Å². The summed E-state index contributed by atoms with van der Waals surface area (Å²) in [6.07, 6.45) is -2.61. The van der Waals surface area contributed by atoms with Crippen molar-refractivity contribution in [3.63, 3.8) is 0 Å². The summed E-state index contributed by atoms with van der Waals surface area (Å²) in [4.78, 5) is 21.3. The summed E-state index contributed by atoms with van der Waals surface area (Å²) >= 11 is 0. The molecule has 0 saturated carbocycles. The summed E-state index contributed by atoms with van der Waals surface area (Å²) in [6.45, 7) is 6.03. The predicted octanol–water partition coefficient (Wildman–Crippen LogP) is 4.21. The Kier molecular flexibility index (Phi) is 8.19. The molecule has 4 rings (SSSR count). The van der Waals surface area contributed by atoms with Crippen molar-refractivity contribution in [2.24, 2.45) is 0 Å². The van der Waals surface area contributed by atoms with Gasteiger partial charge in [-0.1, -0.05) is 17.3 Å². The Morgan fingerprint density at radius 1 is 1.14 bits per heavy atom. The van der Waals surface area contributed by atoms with Crippen LogP contribution in [-0.4, -0.2) is 76.1 Å². The molecule has 0 spiro atoms. The van der Waals surface area contributed by atoms with E-state index in [0.717, 1.165) is 17.7 Å². The third-order valence-electron chi connectivity index (χ3n) is 6.78. The first-order valence-electron chi connectivity index (χ1n) is 12.4. The summed E-state index contributed by atoms with van der Waals surface area (Å²) in [7, 11) is 0. The van der Waals surface area contributed by atoms with Gasteiger partial charge in [-0.3, -0.25) is 0 Å². The number of urea groups is 1. The van der Waals surface area contributed by atoms with Gasteiger partial charge >= 0.3 is 12.2 Å². The van der Waals surface area contributed by atoms with Crippen molar-refractivity contribution < 1.29 is 32.3 Å². The van der Waals surface area contributed by atoms with Crippen molar-refractivity contribution in [2.75, 3.05) is 32.8 Å². The number of piperidine rings is 2. The van der Waals surface area contributed by atoms with Crippen molar-refractivity contribution in [1.29, 1.82) is 0 Å². The molecule has 2 unspecified atom stereocenters. The zero-order chi connectivity index (χ0) is 25.9. The standard InChI is InChI=1S/C25H33F3N4O4/c1-16(2)35-12-9-22-29-23(36-30-22)19-13-18(17-3-5-20(6-4-17)25(26,27)28)14-32(15-19)24(34)31-10-7-21(33)8-11-31/h3-6,16,18-19,21,33H,7-15H2,1-2H3. The molecule has 8 nitrogen and oxygen atoms in total. The van der Waals surface area contributed by atoms with Gasteiger partial charge in [0.05, 0.1) is 30.3 Å². The highest BCUT2D eigenvalue weighted by molar-refractivity contribution is 5.75. The van der Waals surface area contributed by atoms with Crippen molar-refractivity contribution >= 4 is 6.03 Å². The van der Waals surface area contributed by atoms with Crippen LogP contribution in [0.4, 0.5) is 18.0 Å². The molecule has 1 N–H and O–H groups in total. The Hall–Kier alpha value is -2.66. The van der Waals surface area contributed by atoms with E-state index < -0.39 is 17.8 Å². The first kappa shape index (κ1) is 26.4. The number of hydrogen-bond acceptors (Lipinski definition) is 6. The molecule has 0 aliphatic carbocycles. The van der Waals surface area contributed by atoms with E-state index in [2.05, 4.69) is 10.1 Å². The maximum atomic E-state index is 13.3. The number of halogens is 3. The number of hydrogen-bond donors (Lipinski definition) is 1. The van der Waals surface area contributed by atoms with Crippen molar-refractivity contribution in [3.05, 3.63) is 47.1 Å². The monoisotopic (exact) mass is 510 g/mol. The molecule has 1 aromatic carbocycles. The Morgan fingerprint density at radius 3 is 2.44 bits per heavy atom. The summed E-state index contributed by atoms with van der Waals surface area (Å²) in [5.74, 6) is 0.492. The zero-order valence-corrected chi connectivity index (χ0v) is 20.6. The molecule has 2 atom stereocenters. The Labute approximate surface area is 208 Å². The molecule has 2 fully saturated rings. The second kappa shape index (κ2) is 11.2. The van der Waals surface area contributed by atoms with E-state index in [9.17, 15) is 23.1 Å². The lowest BCUT2D eigenvalue weighted by Gasteiger charge is -2.40. The van der Waals surface area contributed by atoms with E-state index in [1.807, 2.05) is 13.8 Å². The number of ether oxygens (including phenoxy) is 1. The van der Waals surface area contributed by atoms with Gasteiger partial charge in [0.15, 0.2) is 5.82 Å². The highest BCUT2D eigenvalue weighted by atomic mass is 19.4. The quantitative estimate of drug-likeness (QED) is 0.626. The highest BCUT2D eigenvalue weighted by Crippen LogP contribution is 2.37. The minimum atomic E-state index is -4.41. The van der Waals surface area contributed by atoms with Gasteiger partial charge in [-0.25, -0.2) is 4.79 Å². The molecule has 2 aliphatic heterocycles. The molecule has 36 heavy (non-hydrogen) atoms. The van der Waals surface area contributed by atoms with Crippen LogP contribution >= 0.6 is 0 Å². The molecule has 0 bridgehead atoms. The van der Waals surface area contributed by atoms with E-state index >= 15 is 0 Å². The fourth-order valence-electron chi connectivity index (χ4n) is 4.80. The molecule has 3 heterocycles. The smallest absolute Gasteiger partial charge is 0.393 e. The van der Waals surface area contributed by atoms with Gasteiger partial charge < -0.3 is 24.2 Å². The van der Waals surface area contributed by atoms with Crippen LogP contribution in [0.1, 0.15) is 67.8 Å². The SMILES string of the molecule is CC(C)OCCc1noc(C2CC(c3ccc(C(F)(F)F)cc3)CN(C(=O)N3CCC(O)CC3)C2)n1. The van der Waals surface area contributed by atoms with E-state index in [1.54, 1.807) is 9.80 Å². The third-order valence-corrected chi connectivity index (χ3v) is 6.78. The Morgan fingerprint density at radius 2 is 1.81 bits per heavy atom. The molecule has 2 saturated heterocycles. The number of aliphatic hydroxyl groups is 1. The lowest BCUT2D eigenvalue weighted by Crippen LogP contribution is -2.51. The maximum Gasteiger partial charge on any atom is 0.416 e. The number of aliphatic hydroxyl groups excluding tert-OH is 1. The molecular formula is C25H33F3N4O4. The van der Waals surface area contributed by atoms with Gasteiger partial charge in [0.25, 0.3) is 0 Å². The number of benzene rings is 1. The maximum absolute atomic E-state index is 13.3. The first-order valence-corrected chi connectivity index (χ1v) is 12.4. The number of likely N-dealkylation sites (tertiary alicyclic amines) is 2. The van der Waals surface area contributed by atoms with Gasteiger partial charge in [0.1, 0.15) is 0 Å². The second-order valence-electron chi connectivity index (χ2n) is 9.87. The third kappa shape index (κ3) is 6.56. The Balaban J connectivity index is 1.52. The van der Waals surface area contributed by atoms with E-state index in [0.29, 0.717) is 70.2 Å². The van der Waals surface area contributed by atoms with Crippen molar-refractivity contribution in [1.82, 2.24) is 19.9 Å². The minimum absolute atomic E-state index is 0.0923. The lowest BCUT2D eigenvalue weighted by molar-refractivity contribution is -0.137. The van der Waals surface area contributed by atoms with Crippen LogP contribution in [-0.2, 0) is 17.3 Å². The van der Waals surface area contributed by atoms with Crippen LogP contribution in [0.3, 0.4) is 0 Å². The molecular weight excluding hydrogens is 477 g/mol. The molecule has 2 aromatic rings. The summed E-state index contributed by atoms with van der Waals surface area (Å²) in [5.41, 5.74) is 0.0215. The van der Waals surface area contributed by atoms with Gasteiger partial charge in [-0.2, -0.15) is 18.2 Å². The van der Waals surface area contributed by atoms with Crippen molar-refractivity contribution in [3.8, 4) is 0 Å². The topological polar surface area (TPSA) is 91.9 Å². The highest BCUT2D eigenvalue weighted by Gasteiger charge is 2.37. The number of carbonyl (C=O) groups excluding carboxylic acids is 1. The Bertz CT molecular complexity index is 1000. The van der Waals surface area contributed by atoms with Crippen LogP contribution in [0.15, 0.2) is 28.8 Å². The number of nitrogens with zero attached hydrogens (tertiary/aromatic N) is 4. The fourth-order valence-corrected chi connectivity index (χ4v) is 4.80. The van der Waals surface area contributed by atoms with Crippen LogP contribution in [0.25, 0.3) is 0 Å². The van der Waals surface area contributed by atoms with Crippen LogP contribution < -0.4 is 0 Å². The fraction of sp³-hybridized carbons (Fsp3) is 0.640. The lowest BCUT2D eigenvalue weighted by atomic mass is 9.84. The minimum Gasteiger partial charge on any atom is -0.393 e. The van der Waals surface area contributed by atoms with Gasteiger partial charge in [0, 0.05) is 38.5 Å². The number of aromatic nitrogens is 2. The zero-order valence-electron chi connectivity index (χ0n) is 20.6. The summed E-state index contributed by atoms with van der Waals surface area (Å²) in [5, 5.41) is 13.9. The number of carbonyl (C=O) groups is 1. The number of rotatable bonds is 6. The molecule has 11 heteroatoms. The summed E-state index contributed by atoms with van der Waals surface area (Å²) < 4.78 is 50.3. The van der Waals surface area contributed by atoms with Crippen LogP contribution in [0.2, 0.25) is 0 Å². The predicted molar refractivity (Wildman–Crippen MR) is 124 cm³/mol. The molecule has 2 amide bonds. The molecule has 0 radical (unpaired) electrons. The van der Waals surface area contributed by atoms with E-state index in [4.69, 9.17) is 9.26 Å². The van der Waals surface area contributed by atoms with Gasteiger partial charge in [-0.05, 0) is 50.8 Å². The van der Waals surface area contributed by atoms with Crippen LogP contribution in [0, 0.1) is 0 Å². The molecule has 2 aliphatic rings. The largest absolute Gasteiger partial charge is 0.416 e. The van der Waals surface area contributed by atoms with Gasteiger partial charge in [0.2, 0.25) is 5.89 Å². The summed E-state index contributed by atoms with van der Waals surface area (Å²) in [6, 6.07) is 4.98. The van der Waals surface area contributed by atoms with E-state index in [-0.39, 0.29) is 24.0 Å². The molecule has 1 aromatic heterocycles. The average molecular weight is 511 g/mol. The van der Waals surface area contributed by atoms with E-state index in [1.165, 1.54) is 12.1 Å². The molecule has 198 valence electrons. The second-order valence-corrected chi connectivity index (χ2v) is 9.87. The van der Waals surface area contributed by atoms with Crippen molar-refractivity contribution in [2.45, 2.75) is 69.8 Å². The number of amides is 2.